The summed E-state index contributed by atoms with van der Waals surface area (Å²) in [6.07, 6.45) is 2.36. The average Bonchev–Trinajstić information content (AvgIpc) is 3.38. The number of benzene rings is 1. The third-order valence-electron chi connectivity index (χ3n) is 4.38. The second-order valence-corrected chi connectivity index (χ2v) is 6.38. The van der Waals surface area contributed by atoms with Crippen LogP contribution in [-0.2, 0) is 0 Å². The van der Waals surface area contributed by atoms with Gasteiger partial charge < -0.3 is 19.6 Å². The molecule has 1 amide bonds. The highest BCUT2D eigenvalue weighted by molar-refractivity contribution is 6.06. The van der Waals surface area contributed by atoms with Gasteiger partial charge in [-0.2, -0.15) is 0 Å². The van der Waals surface area contributed by atoms with Gasteiger partial charge in [0.25, 0.3) is 11.6 Å². The van der Waals surface area contributed by atoms with Crippen LogP contribution in [0.5, 0.6) is 0 Å². The maximum atomic E-state index is 12.8. The smallest absolute Gasteiger partial charge is 0.259 e. The molecule has 7 heteroatoms. The van der Waals surface area contributed by atoms with Crippen LogP contribution >= 0.6 is 0 Å². The first kappa shape index (κ1) is 17.8. The molecule has 0 fully saturated rings. The van der Waals surface area contributed by atoms with Gasteiger partial charge >= 0.3 is 0 Å². The van der Waals surface area contributed by atoms with Gasteiger partial charge in [0.05, 0.1) is 22.9 Å². The number of hydrogen-bond donors (Lipinski definition) is 2. The monoisotopic (exact) mass is 376 g/mol. The van der Waals surface area contributed by atoms with Gasteiger partial charge in [-0.05, 0) is 43.7 Å². The summed E-state index contributed by atoms with van der Waals surface area (Å²) in [6.45, 7) is 3.10. The van der Waals surface area contributed by atoms with Crippen LogP contribution in [0.4, 0.5) is 5.69 Å². The molecule has 0 aliphatic carbocycles. The van der Waals surface area contributed by atoms with E-state index >= 15 is 0 Å². The largest absolute Gasteiger partial charge is 0.463 e. The van der Waals surface area contributed by atoms with Crippen molar-refractivity contribution < 1.29 is 13.7 Å². The van der Waals surface area contributed by atoms with E-state index in [1.165, 1.54) is 0 Å². The summed E-state index contributed by atoms with van der Waals surface area (Å²) in [4.78, 5) is 17.2. The fourth-order valence-corrected chi connectivity index (χ4v) is 3.00. The number of carbonyl (C=O) groups excluding carboxylic acids is 1. The molecular formula is C21H20N4O3. The number of rotatable bonds is 7. The van der Waals surface area contributed by atoms with Crippen LogP contribution in [0.15, 0.2) is 63.7 Å². The van der Waals surface area contributed by atoms with Crippen molar-refractivity contribution in [1.29, 1.82) is 0 Å². The number of amides is 1. The first-order valence-electron chi connectivity index (χ1n) is 9.10. The maximum Gasteiger partial charge on any atom is 0.259 e. The second-order valence-electron chi connectivity index (χ2n) is 6.38. The molecule has 3 aromatic heterocycles. The van der Waals surface area contributed by atoms with Crippen LogP contribution in [-0.4, -0.2) is 29.1 Å². The van der Waals surface area contributed by atoms with Gasteiger partial charge in [0.1, 0.15) is 5.69 Å². The molecule has 0 saturated carbocycles. The minimum atomic E-state index is -0.189. The summed E-state index contributed by atoms with van der Waals surface area (Å²) in [7, 11) is 0. The quantitative estimate of drug-likeness (QED) is 0.473. The van der Waals surface area contributed by atoms with Crippen molar-refractivity contribution in [2.24, 2.45) is 0 Å². The van der Waals surface area contributed by atoms with Crippen molar-refractivity contribution in [3.05, 3.63) is 66.1 Å². The first-order valence-corrected chi connectivity index (χ1v) is 9.10. The van der Waals surface area contributed by atoms with Crippen molar-refractivity contribution in [2.75, 3.05) is 18.4 Å². The van der Waals surface area contributed by atoms with E-state index in [-0.39, 0.29) is 5.91 Å². The van der Waals surface area contributed by atoms with Gasteiger partial charge in [-0.25, -0.2) is 4.98 Å². The molecule has 4 rings (SSSR count). The zero-order chi connectivity index (χ0) is 19.3. The van der Waals surface area contributed by atoms with Gasteiger partial charge in [-0.3, -0.25) is 4.79 Å². The molecule has 3 heterocycles. The van der Waals surface area contributed by atoms with Crippen LogP contribution in [0.1, 0.15) is 22.5 Å². The minimum Gasteiger partial charge on any atom is -0.463 e. The van der Waals surface area contributed by atoms with Crippen LogP contribution in [0, 0.1) is 6.92 Å². The topological polar surface area (TPSA) is 93.2 Å². The molecule has 4 aromatic rings. The van der Waals surface area contributed by atoms with Gasteiger partial charge in [-0.1, -0.05) is 23.4 Å². The molecule has 28 heavy (non-hydrogen) atoms. The normalized spacial score (nSPS) is 10.9. The van der Waals surface area contributed by atoms with Crippen molar-refractivity contribution in [2.45, 2.75) is 13.3 Å². The van der Waals surface area contributed by atoms with Crippen molar-refractivity contribution in [3.8, 4) is 11.5 Å². The number of hydrogen-bond acceptors (Lipinski definition) is 6. The molecule has 0 aliphatic rings. The molecule has 0 spiro atoms. The third-order valence-corrected chi connectivity index (χ3v) is 4.38. The van der Waals surface area contributed by atoms with Crippen LogP contribution in [0.2, 0.25) is 0 Å². The number of nitrogens with zero attached hydrogens (tertiary/aromatic N) is 2. The Bertz CT molecular complexity index is 1070. The highest BCUT2D eigenvalue weighted by Gasteiger charge is 2.19. The summed E-state index contributed by atoms with van der Waals surface area (Å²) in [5, 5.41) is 10.8. The highest BCUT2D eigenvalue weighted by atomic mass is 16.5. The number of para-hydroxylation sites is 1. The number of aromatic nitrogens is 2. The van der Waals surface area contributed by atoms with Crippen LogP contribution in [0.3, 0.4) is 0 Å². The molecule has 0 radical (unpaired) electrons. The Morgan fingerprint density at radius 1 is 1.11 bits per heavy atom. The molecule has 0 bridgehead atoms. The lowest BCUT2D eigenvalue weighted by atomic mass is 10.1. The lowest BCUT2D eigenvalue weighted by Gasteiger charge is -2.09. The number of pyridine rings is 1. The summed E-state index contributed by atoms with van der Waals surface area (Å²) < 4.78 is 10.7. The van der Waals surface area contributed by atoms with Gasteiger partial charge in [0, 0.05) is 18.8 Å². The molecule has 0 aliphatic heterocycles. The zero-order valence-electron chi connectivity index (χ0n) is 15.4. The predicted molar refractivity (Wildman–Crippen MR) is 106 cm³/mol. The first-order chi connectivity index (χ1) is 13.7. The highest BCUT2D eigenvalue weighted by Crippen LogP contribution is 2.27. The molecule has 1 aromatic carbocycles. The molecule has 0 atom stereocenters. The fraction of sp³-hybridized carbons (Fsp3) is 0.190. The van der Waals surface area contributed by atoms with E-state index in [0.29, 0.717) is 40.4 Å². The van der Waals surface area contributed by atoms with Gasteiger partial charge in [0.2, 0.25) is 0 Å². The fourth-order valence-electron chi connectivity index (χ4n) is 3.00. The van der Waals surface area contributed by atoms with Gasteiger partial charge in [-0.15, -0.1) is 0 Å². The molecule has 142 valence electrons. The van der Waals surface area contributed by atoms with Crippen molar-refractivity contribution in [3.63, 3.8) is 0 Å². The molecule has 2 N–H and O–H groups in total. The average molecular weight is 376 g/mol. The Labute approximate surface area is 161 Å². The summed E-state index contributed by atoms with van der Waals surface area (Å²) in [5.74, 6) is 0.378. The van der Waals surface area contributed by atoms with Crippen molar-refractivity contribution >= 4 is 22.7 Å². The zero-order valence-corrected chi connectivity index (χ0v) is 15.4. The Kier molecular flexibility index (Phi) is 5.05. The molecule has 7 nitrogen and oxygen atoms in total. The van der Waals surface area contributed by atoms with Gasteiger partial charge in [0.15, 0.2) is 5.76 Å². The molecular weight excluding hydrogens is 356 g/mol. The van der Waals surface area contributed by atoms with Crippen LogP contribution in [0.25, 0.3) is 22.6 Å². The Morgan fingerprint density at radius 2 is 1.96 bits per heavy atom. The standard InChI is InChI=1S/C21H20N4O3/c1-14-19-16(13-17(18-9-5-12-27-18)24-21(19)28-25-14)20(26)23-11-6-10-22-15-7-3-2-4-8-15/h2-5,7-9,12-13,22H,6,10-11H2,1H3,(H,23,26). The van der Waals surface area contributed by atoms with Crippen molar-refractivity contribution in [1.82, 2.24) is 15.5 Å². The summed E-state index contributed by atoms with van der Waals surface area (Å²) in [5.41, 5.74) is 3.02. The van der Waals surface area contributed by atoms with E-state index in [0.717, 1.165) is 18.7 Å². The predicted octanol–water partition coefficient (Wildman–Crippen LogP) is 4.02. The summed E-state index contributed by atoms with van der Waals surface area (Å²) >= 11 is 0. The SMILES string of the molecule is Cc1noc2nc(-c3ccco3)cc(C(=O)NCCCNc3ccccc3)c12. The van der Waals surface area contributed by atoms with E-state index < -0.39 is 0 Å². The minimum absolute atomic E-state index is 0.189. The Hall–Kier alpha value is -3.61. The van der Waals surface area contributed by atoms with Crippen LogP contribution < -0.4 is 10.6 Å². The lowest BCUT2D eigenvalue weighted by Crippen LogP contribution is -2.26. The van der Waals surface area contributed by atoms with E-state index in [1.807, 2.05) is 30.3 Å². The third kappa shape index (κ3) is 3.73. The Morgan fingerprint density at radius 3 is 2.75 bits per heavy atom. The number of aryl methyl sites for hydroxylation is 1. The molecule has 0 saturated heterocycles. The number of anilines is 1. The maximum absolute atomic E-state index is 12.8. The summed E-state index contributed by atoms with van der Waals surface area (Å²) in [6, 6.07) is 15.2. The number of furan rings is 1. The Balaban J connectivity index is 1.45. The molecule has 0 unspecified atom stereocenters. The van der Waals surface area contributed by atoms with E-state index in [2.05, 4.69) is 20.8 Å². The van der Waals surface area contributed by atoms with E-state index in [4.69, 9.17) is 8.94 Å². The van der Waals surface area contributed by atoms with E-state index in [1.54, 1.807) is 31.4 Å². The number of fused-ring (bicyclic) bond motifs is 1. The lowest BCUT2D eigenvalue weighted by molar-refractivity contribution is 0.0955. The van der Waals surface area contributed by atoms with E-state index in [9.17, 15) is 4.79 Å². The number of nitrogens with one attached hydrogen (secondary N) is 2. The second kappa shape index (κ2) is 7.96. The number of carbonyl (C=O) groups is 1.